The summed E-state index contributed by atoms with van der Waals surface area (Å²) in [5, 5.41) is 27.8. The van der Waals surface area contributed by atoms with Crippen LogP contribution in [0.1, 0.15) is 52.6 Å². The Bertz CT molecular complexity index is 2640. The van der Waals surface area contributed by atoms with Crippen molar-refractivity contribution in [2.45, 2.75) is 63.7 Å². The van der Waals surface area contributed by atoms with Gasteiger partial charge in [-0.3, -0.25) is 28.8 Å². The predicted molar refractivity (Wildman–Crippen MR) is 261 cm³/mol. The third-order valence-corrected chi connectivity index (χ3v) is 15.6. The third kappa shape index (κ3) is 8.83. The molecule has 68 heavy (non-hydrogen) atoms. The lowest BCUT2D eigenvalue weighted by atomic mass is 9.97. The first-order valence-corrected chi connectivity index (χ1v) is 24.7. The first kappa shape index (κ1) is 45.2. The number of fused-ring (bicyclic) bond motifs is 2. The molecule has 4 atom stereocenters. The van der Waals surface area contributed by atoms with Crippen LogP contribution in [0, 0.1) is 11.8 Å². The van der Waals surface area contributed by atoms with Gasteiger partial charge in [0.1, 0.15) is 11.4 Å². The average Bonchev–Trinajstić information content (AvgIpc) is 3.92. The van der Waals surface area contributed by atoms with E-state index < -0.39 is 0 Å². The standard InChI is InChI=1S/2C24H30ClN7O2/c2*1-16(33)26-10-18-8-21(18)31-13-19(12-27-31)32-22-9-23(20(25)7-17(22)11-28-32)29-3-5-30(6-4-29)24(2)14-34-15-24/h2*7,9,11-13,18,21H,3-6,8,10,14-15H2,1-2H3,(H,26,33)/t2*18-,21+/m10/s1. The molecular weight excluding hydrogens is 908 g/mol. The van der Waals surface area contributed by atoms with Gasteiger partial charge in [0.2, 0.25) is 11.8 Å². The number of amides is 2. The minimum Gasteiger partial charge on any atom is -0.377 e. The molecule has 2 saturated carbocycles. The van der Waals surface area contributed by atoms with Crippen LogP contribution in [-0.4, -0.2) is 164 Å². The van der Waals surface area contributed by atoms with Crippen molar-refractivity contribution in [2.75, 3.05) is 102 Å². The second-order valence-corrected chi connectivity index (χ2v) is 20.9. The molecule has 0 spiro atoms. The molecule has 4 aliphatic heterocycles. The van der Waals surface area contributed by atoms with Gasteiger partial charge in [0.15, 0.2) is 0 Å². The molecule has 0 radical (unpaired) electrons. The molecule has 2 aromatic carbocycles. The topological polar surface area (TPSA) is 161 Å². The Hall–Kier alpha value is -5.24. The smallest absolute Gasteiger partial charge is 0.216 e. The number of aromatic nitrogens is 8. The highest BCUT2D eigenvalue weighted by Gasteiger charge is 2.43. The molecule has 12 rings (SSSR count). The molecule has 8 heterocycles. The zero-order valence-electron chi connectivity index (χ0n) is 39.2. The second kappa shape index (κ2) is 17.9. The normalized spacial score (nSPS) is 24.3. The van der Waals surface area contributed by atoms with Gasteiger partial charge in [0.05, 0.1) is 119 Å². The fraction of sp³-hybridized carbons (Fsp3) is 0.542. The largest absolute Gasteiger partial charge is 0.377 e. The summed E-state index contributed by atoms with van der Waals surface area (Å²) in [6, 6.07) is 8.99. The Morgan fingerprint density at radius 1 is 0.603 bits per heavy atom. The van der Waals surface area contributed by atoms with Crippen LogP contribution in [-0.2, 0) is 19.1 Å². The molecule has 20 heteroatoms. The number of carbonyl (C=O) groups excluding carboxylic acids is 2. The van der Waals surface area contributed by atoms with Crippen LogP contribution in [0.5, 0.6) is 0 Å². The van der Waals surface area contributed by atoms with Gasteiger partial charge >= 0.3 is 0 Å². The first-order valence-electron chi connectivity index (χ1n) is 23.9. The highest BCUT2D eigenvalue weighted by Crippen LogP contribution is 2.44. The molecule has 4 aromatic heterocycles. The van der Waals surface area contributed by atoms with Gasteiger partial charge in [-0.05, 0) is 51.0 Å². The van der Waals surface area contributed by atoms with Crippen molar-refractivity contribution in [3.8, 4) is 11.4 Å². The van der Waals surface area contributed by atoms with Crippen molar-refractivity contribution >= 4 is 68.2 Å². The van der Waals surface area contributed by atoms with Gasteiger partial charge < -0.3 is 29.9 Å². The van der Waals surface area contributed by atoms with E-state index in [9.17, 15) is 9.59 Å². The predicted octanol–water partition coefficient (Wildman–Crippen LogP) is 4.97. The highest BCUT2D eigenvalue weighted by atomic mass is 35.5. The van der Waals surface area contributed by atoms with Crippen molar-refractivity contribution in [3.63, 3.8) is 0 Å². The van der Waals surface area contributed by atoms with Crippen molar-refractivity contribution in [1.82, 2.24) is 59.6 Å². The fourth-order valence-corrected chi connectivity index (χ4v) is 11.0. The lowest BCUT2D eigenvalue weighted by molar-refractivity contribution is -0.131. The average molecular weight is 968 g/mol. The summed E-state index contributed by atoms with van der Waals surface area (Å²) in [5.74, 6) is 0.890. The van der Waals surface area contributed by atoms with E-state index in [4.69, 9.17) is 32.7 Å². The molecular formula is C48H60Cl2N14O4. The number of hydrogen-bond acceptors (Lipinski definition) is 12. The molecule has 2 aliphatic carbocycles. The number of nitrogens with one attached hydrogen (secondary N) is 2. The van der Waals surface area contributed by atoms with Gasteiger partial charge in [-0.1, -0.05) is 23.2 Å². The van der Waals surface area contributed by atoms with Crippen LogP contribution < -0.4 is 20.4 Å². The molecule has 6 aromatic rings. The van der Waals surface area contributed by atoms with Crippen LogP contribution in [0.3, 0.4) is 0 Å². The number of anilines is 2. The Morgan fingerprint density at radius 2 is 1.00 bits per heavy atom. The van der Waals surface area contributed by atoms with Crippen molar-refractivity contribution < 1.29 is 19.1 Å². The van der Waals surface area contributed by atoms with E-state index in [1.54, 1.807) is 13.8 Å². The molecule has 6 aliphatic rings. The summed E-state index contributed by atoms with van der Waals surface area (Å²) >= 11 is 13.4. The lowest BCUT2D eigenvalue weighted by Crippen LogP contribution is -2.64. The third-order valence-electron chi connectivity index (χ3n) is 15.0. The van der Waals surface area contributed by atoms with E-state index in [0.29, 0.717) is 37.0 Å². The van der Waals surface area contributed by atoms with Crippen molar-refractivity contribution in [3.05, 3.63) is 71.5 Å². The van der Waals surface area contributed by atoms with E-state index in [2.05, 4.69) is 76.6 Å². The van der Waals surface area contributed by atoms with Crippen LogP contribution in [0.2, 0.25) is 10.0 Å². The number of piperazine rings is 2. The molecule has 0 bridgehead atoms. The maximum absolute atomic E-state index is 11.2. The molecule has 0 unspecified atom stereocenters. The van der Waals surface area contributed by atoms with E-state index in [-0.39, 0.29) is 22.9 Å². The van der Waals surface area contributed by atoms with Gasteiger partial charge in [0, 0.05) is 102 Å². The van der Waals surface area contributed by atoms with E-state index in [0.717, 1.165) is 146 Å². The van der Waals surface area contributed by atoms with Gasteiger partial charge in [-0.25, -0.2) is 9.36 Å². The Labute approximate surface area is 405 Å². The quantitative estimate of drug-likeness (QED) is 0.170. The van der Waals surface area contributed by atoms with Crippen molar-refractivity contribution in [2.24, 2.45) is 11.8 Å². The zero-order valence-corrected chi connectivity index (χ0v) is 40.7. The Kier molecular flexibility index (Phi) is 11.9. The molecule has 18 nitrogen and oxygen atoms in total. The zero-order chi connectivity index (χ0) is 46.9. The van der Waals surface area contributed by atoms with Gasteiger partial charge in [-0.2, -0.15) is 20.4 Å². The summed E-state index contributed by atoms with van der Waals surface area (Å²) < 4.78 is 18.8. The number of nitrogens with zero attached hydrogens (tertiary/aromatic N) is 12. The van der Waals surface area contributed by atoms with E-state index >= 15 is 0 Å². The number of ether oxygens (including phenoxy) is 2. The molecule has 6 fully saturated rings. The molecule has 2 N–H and O–H groups in total. The van der Waals surface area contributed by atoms with Crippen LogP contribution >= 0.6 is 23.2 Å². The monoisotopic (exact) mass is 966 g/mol. The second-order valence-electron chi connectivity index (χ2n) is 20.1. The lowest BCUT2D eigenvalue weighted by Gasteiger charge is -2.50. The van der Waals surface area contributed by atoms with E-state index in [1.165, 1.54) is 0 Å². The van der Waals surface area contributed by atoms with Gasteiger partial charge in [0.25, 0.3) is 0 Å². The van der Waals surface area contributed by atoms with Crippen LogP contribution in [0.15, 0.2) is 61.4 Å². The summed E-state index contributed by atoms with van der Waals surface area (Å²) in [5.41, 5.74) is 6.36. The summed E-state index contributed by atoms with van der Waals surface area (Å²) in [4.78, 5) is 32.2. The Morgan fingerprint density at radius 3 is 1.35 bits per heavy atom. The summed E-state index contributed by atoms with van der Waals surface area (Å²) in [6.07, 6.45) is 13.6. The molecule has 2 amide bonds. The van der Waals surface area contributed by atoms with Crippen LogP contribution in [0.4, 0.5) is 11.4 Å². The van der Waals surface area contributed by atoms with Gasteiger partial charge in [-0.15, -0.1) is 0 Å². The highest BCUT2D eigenvalue weighted by molar-refractivity contribution is 6.34. The SMILES string of the molecule is CC(=O)NC[C@@H]1C[C@H]1n1cc(-n2ncc3cc(Cl)c(N4CCN(C5(C)COC5)CC4)cc32)cn1.CC(=O)NC[C@H]1C[C@@H]1n1cc(-n2ncc3cc(Cl)c(N4CCN(C5(C)COC5)CC4)cc32)cn1. The van der Waals surface area contributed by atoms with Crippen molar-refractivity contribution in [1.29, 1.82) is 0 Å². The maximum atomic E-state index is 11.2. The number of benzene rings is 2. The molecule has 360 valence electrons. The fourth-order valence-electron chi connectivity index (χ4n) is 10.4. The first-order chi connectivity index (χ1) is 32.8. The molecule has 4 saturated heterocycles. The number of halogens is 2. The Balaban J connectivity index is 0.000000149. The maximum Gasteiger partial charge on any atom is 0.216 e. The summed E-state index contributed by atoms with van der Waals surface area (Å²) in [6.45, 7) is 20.1. The number of carbonyl (C=O) groups is 2. The number of hydrogen-bond donors (Lipinski definition) is 2. The van der Waals surface area contributed by atoms with Crippen LogP contribution in [0.25, 0.3) is 33.2 Å². The van der Waals surface area contributed by atoms with E-state index in [1.807, 2.05) is 68.0 Å². The minimum absolute atomic E-state index is 0.0111. The summed E-state index contributed by atoms with van der Waals surface area (Å²) in [7, 11) is 0. The minimum atomic E-state index is 0.0111. The number of rotatable bonds is 12.